The molecule has 1 aromatic carbocycles. The summed E-state index contributed by atoms with van der Waals surface area (Å²) in [7, 11) is 1.67. The summed E-state index contributed by atoms with van der Waals surface area (Å²) in [6.45, 7) is 4.44. The van der Waals surface area contributed by atoms with Crippen LogP contribution in [0.15, 0.2) is 47.1 Å². The summed E-state index contributed by atoms with van der Waals surface area (Å²) in [6.07, 6.45) is 6.58. The molecule has 0 amide bonds. The van der Waals surface area contributed by atoms with Gasteiger partial charge in [0.05, 0.1) is 13.7 Å². The molecular weight excluding hydrogens is 412 g/mol. The fourth-order valence-corrected chi connectivity index (χ4v) is 6.74. The van der Waals surface area contributed by atoms with Crippen LogP contribution < -0.4 is 4.74 Å². The average Bonchev–Trinajstić information content (AvgIpc) is 2.96. The number of aliphatic hydroxyl groups is 1. The molecule has 5 rings (SSSR count). The molecule has 1 aliphatic heterocycles. The maximum Gasteiger partial charge on any atom is 0.156 e. The van der Waals surface area contributed by atoms with Crippen LogP contribution in [0.4, 0.5) is 0 Å². The van der Waals surface area contributed by atoms with Crippen LogP contribution in [0.3, 0.4) is 0 Å². The number of hydrogen-bond donors (Lipinski definition) is 1. The largest absolute Gasteiger partial charge is 0.497 e. The van der Waals surface area contributed by atoms with E-state index in [0.29, 0.717) is 31.3 Å². The Morgan fingerprint density at radius 1 is 1.15 bits per heavy atom. The van der Waals surface area contributed by atoms with Crippen molar-refractivity contribution in [3.05, 3.63) is 52.6 Å². The van der Waals surface area contributed by atoms with Crippen LogP contribution in [0.1, 0.15) is 71.5 Å². The highest BCUT2D eigenvalue weighted by Gasteiger charge is 2.61. The fourth-order valence-electron chi connectivity index (χ4n) is 6.74. The van der Waals surface area contributed by atoms with Gasteiger partial charge in [0.15, 0.2) is 5.78 Å². The Hall–Kier alpha value is -2.35. The van der Waals surface area contributed by atoms with Crippen LogP contribution in [-0.4, -0.2) is 30.2 Å². The Balaban J connectivity index is 0.00000259. The van der Waals surface area contributed by atoms with Gasteiger partial charge in [-0.3, -0.25) is 4.79 Å². The maximum absolute atomic E-state index is 12.2. The van der Waals surface area contributed by atoms with E-state index in [9.17, 15) is 9.90 Å². The molecule has 1 saturated carbocycles. The van der Waals surface area contributed by atoms with Crippen molar-refractivity contribution in [2.45, 2.75) is 71.5 Å². The number of rotatable bonds is 2. The standard InChI is InChI=1S/C28H32O4.CH4/c1-4-14-28(30)15-13-24-23-11-7-19-16-20(29)8-12-22(19)25(23)26(32-17-27(24,28)2)18-5-9-21(31-3)10-6-18;/h5-6,9-10,16,23-24,26,30H,7-8,11-13,15,17H2,1-3H3;1H4/t23?,24?,26?,27-,28-;/m0./s1. The van der Waals surface area contributed by atoms with Crippen LogP contribution >= 0.6 is 0 Å². The molecule has 4 heteroatoms. The summed E-state index contributed by atoms with van der Waals surface area (Å²) in [4.78, 5) is 12.2. The second-order valence-corrected chi connectivity index (χ2v) is 9.98. The summed E-state index contributed by atoms with van der Waals surface area (Å²) in [5.41, 5.74) is 3.49. The van der Waals surface area contributed by atoms with E-state index >= 15 is 0 Å². The van der Waals surface area contributed by atoms with Crippen molar-refractivity contribution in [1.29, 1.82) is 0 Å². The third-order valence-electron chi connectivity index (χ3n) is 8.47. The maximum atomic E-state index is 12.2. The van der Waals surface area contributed by atoms with E-state index in [2.05, 4.69) is 30.9 Å². The van der Waals surface area contributed by atoms with E-state index in [0.717, 1.165) is 37.0 Å². The van der Waals surface area contributed by atoms with E-state index < -0.39 is 11.0 Å². The van der Waals surface area contributed by atoms with Gasteiger partial charge in [0.2, 0.25) is 0 Å². The predicted octanol–water partition coefficient (Wildman–Crippen LogP) is 5.57. The number of carbonyl (C=O) groups is 1. The fraction of sp³-hybridized carbons (Fsp3) is 0.552. The smallest absolute Gasteiger partial charge is 0.156 e. The first-order chi connectivity index (χ1) is 15.4. The molecule has 5 atom stereocenters. The number of fused-ring (bicyclic) bond motifs is 4. The van der Waals surface area contributed by atoms with Gasteiger partial charge in [-0.1, -0.05) is 32.4 Å². The minimum atomic E-state index is -1.03. The minimum Gasteiger partial charge on any atom is -0.497 e. The summed E-state index contributed by atoms with van der Waals surface area (Å²) >= 11 is 0. The number of methoxy groups -OCH3 is 1. The lowest BCUT2D eigenvalue weighted by Gasteiger charge is -2.42. The SMILES string of the molecule is C.CC#C[C@]1(O)CCC2C3CCC4=CC(=O)CCC4=C3C(c3ccc(OC)cc3)OC[C@@]21C. The third-order valence-corrected chi connectivity index (χ3v) is 8.47. The van der Waals surface area contributed by atoms with E-state index in [1.165, 1.54) is 16.7 Å². The Bertz CT molecular complexity index is 1050. The van der Waals surface area contributed by atoms with Crippen molar-refractivity contribution in [1.82, 2.24) is 0 Å². The molecule has 1 N–H and O–H groups in total. The van der Waals surface area contributed by atoms with Crippen molar-refractivity contribution < 1.29 is 19.4 Å². The first kappa shape index (κ1) is 23.8. The molecule has 3 unspecified atom stereocenters. The first-order valence-electron chi connectivity index (χ1n) is 11.8. The molecule has 2 fully saturated rings. The second kappa shape index (κ2) is 8.78. The van der Waals surface area contributed by atoms with Crippen LogP contribution in [0.2, 0.25) is 0 Å². The lowest BCUT2D eigenvalue weighted by atomic mass is 9.61. The summed E-state index contributed by atoms with van der Waals surface area (Å²) in [5.74, 6) is 7.81. The number of benzene rings is 1. The number of carbonyl (C=O) groups excluding carboxylic acids is 1. The minimum absolute atomic E-state index is 0. The molecule has 4 aliphatic rings. The molecule has 0 radical (unpaired) electrons. The summed E-state index contributed by atoms with van der Waals surface area (Å²) in [6, 6.07) is 8.13. The average molecular weight is 449 g/mol. The molecule has 0 spiro atoms. The van der Waals surface area contributed by atoms with Gasteiger partial charge in [0, 0.05) is 11.8 Å². The van der Waals surface area contributed by atoms with E-state index in [1.54, 1.807) is 14.0 Å². The van der Waals surface area contributed by atoms with Crippen LogP contribution in [-0.2, 0) is 9.53 Å². The normalized spacial score (nSPS) is 35.1. The highest BCUT2D eigenvalue weighted by atomic mass is 16.5. The Morgan fingerprint density at radius 2 is 1.91 bits per heavy atom. The predicted molar refractivity (Wildman–Crippen MR) is 130 cm³/mol. The third kappa shape index (κ3) is 3.66. The van der Waals surface area contributed by atoms with Crippen molar-refractivity contribution in [2.75, 3.05) is 13.7 Å². The number of ether oxygens (including phenoxy) is 2. The molecule has 1 saturated heterocycles. The molecule has 176 valence electrons. The highest BCUT2D eigenvalue weighted by Crippen LogP contribution is 2.61. The lowest BCUT2D eigenvalue weighted by molar-refractivity contribution is -0.114. The van der Waals surface area contributed by atoms with E-state index in [4.69, 9.17) is 9.47 Å². The molecule has 1 heterocycles. The van der Waals surface area contributed by atoms with E-state index in [1.807, 2.05) is 18.2 Å². The molecule has 33 heavy (non-hydrogen) atoms. The van der Waals surface area contributed by atoms with Gasteiger partial charge in [-0.15, -0.1) is 5.92 Å². The first-order valence-corrected chi connectivity index (χ1v) is 11.8. The molecule has 0 bridgehead atoms. The second-order valence-electron chi connectivity index (χ2n) is 9.98. The molecule has 3 aliphatic carbocycles. The summed E-state index contributed by atoms with van der Waals surface area (Å²) < 4.78 is 12.1. The zero-order chi connectivity index (χ0) is 22.5. The highest BCUT2D eigenvalue weighted by molar-refractivity contribution is 5.93. The summed E-state index contributed by atoms with van der Waals surface area (Å²) in [5, 5.41) is 11.6. The van der Waals surface area contributed by atoms with Gasteiger partial charge in [-0.05, 0) is 91.4 Å². The lowest BCUT2D eigenvalue weighted by Crippen LogP contribution is -2.48. The van der Waals surface area contributed by atoms with Gasteiger partial charge in [-0.25, -0.2) is 0 Å². The quantitative estimate of drug-likeness (QED) is 0.601. The molecule has 1 aromatic rings. The zero-order valence-electron chi connectivity index (χ0n) is 19.2. The van der Waals surface area contributed by atoms with Gasteiger partial charge < -0.3 is 14.6 Å². The van der Waals surface area contributed by atoms with Crippen LogP contribution in [0.25, 0.3) is 0 Å². The molecular formula is C29H36O4. The van der Waals surface area contributed by atoms with Crippen molar-refractivity contribution >= 4 is 5.78 Å². The molecule has 4 nitrogen and oxygen atoms in total. The van der Waals surface area contributed by atoms with Gasteiger partial charge >= 0.3 is 0 Å². The van der Waals surface area contributed by atoms with Crippen molar-refractivity contribution in [2.24, 2.45) is 17.3 Å². The molecule has 0 aromatic heterocycles. The number of allylic oxidation sites excluding steroid dienone is 3. The van der Waals surface area contributed by atoms with Crippen molar-refractivity contribution in [3.63, 3.8) is 0 Å². The van der Waals surface area contributed by atoms with E-state index in [-0.39, 0.29) is 19.3 Å². The van der Waals surface area contributed by atoms with Gasteiger partial charge in [-0.2, -0.15) is 0 Å². The number of hydrogen-bond acceptors (Lipinski definition) is 4. The Labute approximate surface area is 198 Å². The van der Waals surface area contributed by atoms with Gasteiger partial charge in [0.25, 0.3) is 0 Å². The Kier molecular flexibility index (Phi) is 6.33. The zero-order valence-corrected chi connectivity index (χ0v) is 19.2. The Morgan fingerprint density at radius 3 is 2.61 bits per heavy atom. The van der Waals surface area contributed by atoms with Crippen LogP contribution in [0.5, 0.6) is 5.75 Å². The number of ketones is 1. The van der Waals surface area contributed by atoms with Crippen molar-refractivity contribution in [3.8, 4) is 17.6 Å². The van der Waals surface area contributed by atoms with Gasteiger partial charge in [0.1, 0.15) is 17.5 Å². The monoisotopic (exact) mass is 448 g/mol. The van der Waals surface area contributed by atoms with Crippen LogP contribution in [0, 0.1) is 29.1 Å². The topological polar surface area (TPSA) is 55.8 Å².